The highest BCUT2D eigenvalue weighted by molar-refractivity contribution is 5.99. The predicted molar refractivity (Wildman–Crippen MR) is 78.7 cm³/mol. The number of pyridine rings is 1. The summed E-state index contributed by atoms with van der Waals surface area (Å²) in [6, 6.07) is 7.73. The Labute approximate surface area is 117 Å². The topological polar surface area (TPSA) is 79.5 Å². The highest BCUT2D eigenvalue weighted by Crippen LogP contribution is 2.30. The standard InChI is InChI=1S/C15H17N3O2/c16-13-3-1-2-12-11(13)4-7-17-14(12)18-8-5-10(6-9-18)15(19)20/h1-4,7,10H,5-6,8-9,16H2,(H,19,20). The van der Waals surface area contributed by atoms with Gasteiger partial charge in [-0.25, -0.2) is 4.98 Å². The lowest BCUT2D eigenvalue weighted by Gasteiger charge is -2.31. The molecule has 0 atom stereocenters. The summed E-state index contributed by atoms with van der Waals surface area (Å²) < 4.78 is 0. The van der Waals surface area contributed by atoms with Crippen LogP contribution >= 0.6 is 0 Å². The van der Waals surface area contributed by atoms with Crippen LogP contribution in [0.15, 0.2) is 30.5 Å². The first kappa shape index (κ1) is 12.7. The maximum atomic E-state index is 11.0. The molecule has 3 N–H and O–H groups in total. The van der Waals surface area contributed by atoms with Gasteiger partial charge < -0.3 is 15.7 Å². The number of carboxylic acids is 1. The maximum absolute atomic E-state index is 11.0. The number of carbonyl (C=O) groups is 1. The number of rotatable bonds is 2. The first-order chi connectivity index (χ1) is 9.66. The van der Waals surface area contributed by atoms with Gasteiger partial charge in [-0.3, -0.25) is 4.79 Å². The number of nitrogen functional groups attached to an aromatic ring is 1. The number of piperidine rings is 1. The van der Waals surface area contributed by atoms with Gasteiger partial charge in [-0.05, 0) is 25.0 Å². The van der Waals surface area contributed by atoms with E-state index in [1.807, 2.05) is 24.3 Å². The molecule has 0 saturated carbocycles. The molecule has 0 spiro atoms. The lowest BCUT2D eigenvalue weighted by molar-refractivity contribution is -0.142. The van der Waals surface area contributed by atoms with Gasteiger partial charge in [0.2, 0.25) is 0 Å². The van der Waals surface area contributed by atoms with Gasteiger partial charge in [0.1, 0.15) is 5.82 Å². The number of anilines is 2. The highest BCUT2D eigenvalue weighted by atomic mass is 16.4. The van der Waals surface area contributed by atoms with E-state index < -0.39 is 5.97 Å². The second-order valence-electron chi connectivity index (χ2n) is 5.18. The summed E-state index contributed by atoms with van der Waals surface area (Å²) in [6.07, 6.45) is 3.09. The molecule has 0 amide bonds. The number of benzene rings is 1. The van der Waals surface area contributed by atoms with Crippen molar-refractivity contribution in [1.29, 1.82) is 0 Å². The Hall–Kier alpha value is -2.30. The van der Waals surface area contributed by atoms with Gasteiger partial charge in [-0.15, -0.1) is 0 Å². The Balaban J connectivity index is 1.92. The summed E-state index contributed by atoms with van der Waals surface area (Å²) in [5.41, 5.74) is 6.73. The lowest BCUT2D eigenvalue weighted by Crippen LogP contribution is -2.36. The van der Waals surface area contributed by atoms with Crippen molar-refractivity contribution in [3.8, 4) is 0 Å². The van der Waals surface area contributed by atoms with E-state index in [0.717, 1.165) is 35.4 Å². The Morgan fingerprint density at radius 2 is 2.00 bits per heavy atom. The van der Waals surface area contributed by atoms with Gasteiger partial charge in [0.15, 0.2) is 0 Å². The van der Waals surface area contributed by atoms with Crippen molar-refractivity contribution in [2.75, 3.05) is 23.7 Å². The van der Waals surface area contributed by atoms with Crippen molar-refractivity contribution >= 4 is 28.2 Å². The van der Waals surface area contributed by atoms with Crippen LogP contribution in [0.3, 0.4) is 0 Å². The zero-order valence-electron chi connectivity index (χ0n) is 11.1. The van der Waals surface area contributed by atoms with Crippen molar-refractivity contribution in [2.24, 2.45) is 5.92 Å². The van der Waals surface area contributed by atoms with Crippen LogP contribution in [-0.2, 0) is 4.79 Å². The summed E-state index contributed by atoms with van der Waals surface area (Å²) in [5, 5.41) is 11.1. The van der Waals surface area contributed by atoms with Crippen LogP contribution in [0, 0.1) is 5.92 Å². The van der Waals surface area contributed by atoms with Crippen LogP contribution < -0.4 is 10.6 Å². The van der Waals surface area contributed by atoms with Crippen LogP contribution in [0.1, 0.15) is 12.8 Å². The minimum Gasteiger partial charge on any atom is -0.481 e. The molecule has 2 heterocycles. The summed E-state index contributed by atoms with van der Waals surface area (Å²) in [6.45, 7) is 1.44. The smallest absolute Gasteiger partial charge is 0.306 e. The molecule has 1 saturated heterocycles. The Bertz CT molecular complexity index is 649. The molecule has 1 fully saturated rings. The van der Waals surface area contributed by atoms with E-state index in [1.54, 1.807) is 6.20 Å². The quantitative estimate of drug-likeness (QED) is 0.818. The molecule has 1 aromatic carbocycles. The lowest BCUT2D eigenvalue weighted by atomic mass is 9.97. The van der Waals surface area contributed by atoms with Gasteiger partial charge in [-0.2, -0.15) is 0 Å². The molecule has 104 valence electrons. The molecule has 1 aliphatic heterocycles. The first-order valence-corrected chi connectivity index (χ1v) is 6.78. The Kier molecular flexibility index (Phi) is 3.18. The number of hydrogen-bond donors (Lipinski definition) is 2. The minimum atomic E-state index is -0.695. The number of aromatic nitrogens is 1. The highest BCUT2D eigenvalue weighted by Gasteiger charge is 2.25. The van der Waals surface area contributed by atoms with Crippen molar-refractivity contribution in [1.82, 2.24) is 4.98 Å². The van der Waals surface area contributed by atoms with Crippen LogP contribution in [0.2, 0.25) is 0 Å². The van der Waals surface area contributed by atoms with E-state index in [-0.39, 0.29) is 5.92 Å². The van der Waals surface area contributed by atoms with Crippen molar-refractivity contribution in [3.63, 3.8) is 0 Å². The fraction of sp³-hybridized carbons (Fsp3) is 0.333. The van der Waals surface area contributed by atoms with Crippen LogP contribution in [0.5, 0.6) is 0 Å². The van der Waals surface area contributed by atoms with E-state index in [9.17, 15) is 4.79 Å². The molecule has 3 rings (SSSR count). The SMILES string of the molecule is Nc1cccc2c(N3CCC(C(=O)O)CC3)nccc12. The molecule has 0 radical (unpaired) electrons. The number of aliphatic carboxylic acids is 1. The number of nitrogens with zero attached hydrogens (tertiary/aromatic N) is 2. The summed E-state index contributed by atoms with van der Waals surface area (Å²) >= 11 is 0. The van der Waals surface area contributed by atoms with Gasteiger partial charge in [-0.1, -0.05) is 12.1 Å². The molecule has 5 heteroatoms. The molecule has 5 nitrogen and oxygen atoms in total. The van der Waals surface area contributed by atoms with E-state index >= 15 is 0 Å². The van der Waals surface area contributed by atoms with Gasteiger partial charge >= 0.3 is 5.97 Å². The summed E-state index contributed by atoms with van der Waals surface area (Å²) in [4.78, 5) is 17.6. The third kappa shape index (κ3) is 2.15. The Morgan fingerprint density at radius 1 is 1.25 bits per heavy atom. The van der Waals surface area contributed by atoms with Crippen molar-refractivity contribution < 1.29 is 9.90 Å². The maximum Gasteiger partial charge on any atom is 0.306 e. The van der Waals surface area contributed by atoms with E-state index in [0.29, 0.717) is 12.8 Å². The van der Waals surface area contributed by atoms with Gasteiger partial charge in [0.05, 0.1) is 5.92 Å². The molecular formula is C15H17N3O2. The third-order valence-corrected chi connectivity index (χ3v) is 3.96. The molecule has 1 aliphatic rings. The fourth-order valence-electron chi connectivity index (χ4n) is 2.81. The molecule has 2 aromatic rings. The van der Waals surface area contributed by atoms with Crippen molar-refractivity contribution in [2.45, 2.75) is 12.8 Å². The third-order valence-electron chi connectivity index (χ3n) is 3.96. The van der Waals surface area contributed by atoms with Crippen LogP contribution in [0.4, 0.5) is 11.5 Å². The Morgan fingerprint density at radius 3 is 2.70 bits per heavy atom. The van der Waals surface area contributed by atoms with Crippen molar-refractivity contribution in [3.05, 3.63) is 30.5 Å². The van der Waals surface area contributed by atoms with Gasteiger partial charge in [0.25, 0.3) is 0 Å². The fourth-order valence-corrected chi connectivity index (χ4v) is 2.81. The van der Waals surface area contributed by atoms with E-state index in [1.165, 1.54) is 0 Å². The van der Waals surface area contributed by atoms with Crippen LogP contribution in [-0.4, -0.2) is 29.1 Å². The number of nitrogens with two attached hydrogens (primary N) is 1. The molecule has 0 bridgehead atoms. The molecular weight excluding hydrogens is 254 g/mol. The second kappa shape index (κ2) is 5.00. The van der Waals surface area contributed by atoms with E-state index in [4.69, 9.17) is 10.8 Å². The zero-order chi connectivity index (χ0) is 14.1. The zero-order valence-corrected chi connectivity index (χ0v) is 11.1. The monoisotopic (exact) mass is 271 g/mol. The number of hydrogen-bond acceptors (Lipinski definition) is 4. The van der Waals surface area contributed by atoms with Gasteiger partial charge in [0, 0.05) is 35.7 Å². The predicted octanol–water partition coefficient (Wildman–Crippen LogP) is 2.12. The molecule has 0 aliphatic carbocycles. The second-order valence-corrected chi connectivity index (χ2v) is 5.18. The summed E-state index contributed by atoms with van der Waals surface area (Å²) in [7, 11) is 0. The normalized spacial score (nSPS) is 16.5. The number of carboxylic acid groups (broad SMARTS) is 1. The molecule has 1 aromatic heterocycles. The van der Waals surface area contributed by atoms with Crippen LogP contribution in [0.25, 0.3) is 10.8 Å². The average molecular weight is 271 g/mol. The average Bonchev–Trinajstić information content (AvgIpc) is 2.47. The molecule has 0 unspecified atom stereocenters. The van der Waals surface area contributed by atoms with E-state index in [2.05, 4.69) is 9.88 Å². The first-order valence-electron chi connectivity index (χ1n) is 6.78. The molecule has 20 heavy (non-hydrogen) atoms. The number of fused-ring (bicyclic) bond motifs is 1. The largest absolute Gasteiger partial charge is 0.481 e. The minimum absolute atomic E-state index is 0.230. The summed E-state index contributed by atoms with van der Waals surface area (Å²) in [5.74, 6) is -0.0234.